The highest BCUT2D eigenvalue weighted by atomic mass is 19.1. The number of nitrogen functional groups attached to an aromatic ring is 1. The van der Waals surface area contributed by atoms with Gasteiger partial charge in [0.2, 0.25) is 0 Å². The van der Waals surface area contributed by atoms with Gasteiger partial charge in [-0.25, -0.2) is 14.4 Å². The lowest BCUT2D eigenvalue weighted by atomic mass is 10.1. The molecule has 0 bridgehead atoms. The fourth-order valence-corrected chi connectivity index (χ4v) is 2.50. The number of hydrogen-bond acceptors (Lipinski definition) is 5. The van der Waals surface area contributed by atoms with Crippen molar-refractivity contribution < 1.29 is 4.39 Å². The van der Waals surface area contributed by atoms with Crippen LogP contribution in [0.15, 0.2) is 54.9 Å². The van der Waals surface area contributed by atoms with Gasteiger partial charge in [0.05, 0.1) is 0 Å². The largest absolute Gasteiger partial charge is 0.393 e. The Bertz CT molecular complexity index is 849. The van der Waals surface area contributed by atoms with E-state index in [0.29, 0.717) is 23.9 Å². The average molecular weight is 337 g/mol. The van der Waals surface area contributed by atoms with E-state index < -0.39 is 0 Å². The normalized spacial score (nSPS) is 10.5. The molecule has 2 aromatic carbocycles. The second kappa shape index (κ2) is 7.61. The van der Waals surface area contributed by atoms with E-state index in [1.165, 1.54) is 24.0 Å². The van der Waals surface area contributed by atoms with Crippen molar-refractivity contribution in [3.63, 3.8) is 0 Å². The summed E-state index contributed by atoms with van der Waals surface area (Å²) in [4.78, 5) is 8.43. The Hall–Kier alpha value is -3.15. The number of nitrogens with one attached hydrogen (secondary N) is 2. The highest BCUT2D eigenvalue weighted by Gasteiger charge is 2.09. The molecular weight excluding hydrogens is 317 g/mol. The summed E-state index contributed by atoms with van der Waals surface area (Å²) >= 11 is 0. The first kappa shape index (κ1) is 16.7. The molecule has 0 fully saturated rings. The van der Waals surface area contributed by atoms with Crippen molar-refractivity contribution in [2.45, 2.75) is 19.9 Å². The standard InChI is InChI=1S/C19H20FN5/c1-2-14-5-3-4-6-16(14)25-19-17(21)18(23-12-24-19)22-11-13-7-9-15(20)10-8-13/h3-10,12H,2,11,21H2,1H3,(H2,22,23,24,25). The lowest BCUT2D eigenvalue weighted by molar-refractivity contribution is 0.627. The third-order valence-electron chi connectivity index (χ3n) is 3.91. The molecule has 0 atom stereocenters. The van der Waals surface area contributed by atoms with Crippen LogP contribution in [0.2, 0.25) is 0 Å². The van der Waals surface area contributed by atoms with Crippen LogP contribution >= 0.6 is 0 Å². The van der Waals surface area contributed by atoms with Crippen molar-refractivity contribution >= 4 is 23.0 Å². The second-order valence-electron chi connectivity index (χ2n) is 5.60. The van der Waals surface area contributed by atoms with Gasteiger partial charge in [0.15, 0.2) is 11.6 Å². The Kier molecular flexibility index (Phi) is 5.09. The molecule has 6 heteroatoms. The monoisotopic (exact) mass is 337 g/mol. The topological polar surface area (TPSA) is 75.9 Å². The molecule has 4 N–H and O–H groups in total. The molecular formula is C19H20FN5. The van der Waals surface area contributed by atoms with Gasteiger partial charge in [-0.05, 0) is 35.7 Å². The zero-order valence-electron chi connectivity index (χ0n) is 14.0. The first-order valence-electron chi connectivity index (χ1n) is 8.11. The SMILES string of the molecule is CCc1ccccc1Nc1ncnc(NCc2ccc(F)cc2)c1N. The highest BCUT2D eigenvalue weighted by Crippen LogP contribution is 2.27. The van der Waals surface area contributed by atoms with Gasteiger partial charge in [-0.3, -0.25) is 0 Å². The van der Waals surface area contributed by atoms with Crippen LogP contribution in [0.3, 0.4) is 0 Å². The maximum atomic E-state index is 13.0. The van der Waals surface area contributed by atoms with E-state index in [9.17, 15) is 4.39 Å². The quantitative estimate of drug-likeness (QED) is 0.631. The molecule has 0 saturated heterocycles. The van der Waals surface area contributed by atoms with Crippen molar-refractivity contribution in [3.8, 4) is 0 Å². The summed E-state index contributed by atoms with van der Waals surface area (Å²) in [5.41, 5.74) is 9.73. The third kappa shape index (κ3) is 4.03. The fraction of sp³-hybridized carbons (Fsp3) is 0.158. The summed E-state index contributed by atoms with van der Waals surface area (Å²) in [5.74, 6) is 0.833. The Labute approximate surface area is 146 Å². The number of anilines is 4. The van der Waals surface area contributed by atoms with Crippen molar-refractivity contribution in [1.82, 2.24) is 9.97 Å². The second-order valence-corrected chi connectivity index (χ2v) is 5.60. The van der Waals surface area contributed by atoms with Crippen LogP contribution in [0, 0.1) is 5.82 Å². The number of halogens is 1. The summed E-state index contributed by atoms with van der Waals surface area (Å²) in [6.07, 6.45) is 2.37. The number of hydrogen-bond donors (Lipinski definition) is 3. The Balaban J connectivity index is 1.76. The molecule has 128 valence electrons. The van der Waals surface area contributed by atoms with Crippen LogP contribution in [-0.4, -0.2) is 9.97 Å². The van der Waals surface area contributed by atoms with Crippen molar-refractivity contribution in [3.05, 3.63) is 71.8 Å². The van der Waals surface area contributed by atoms with Crippen LogP contribution < -0.4 is 16.4 Å². The molecule has 1 heterocycles. The summed E-state index contributed by atoms with van der Waals surface area (Å²) in [6, 6.07) is 14.3. The Morgan fingerprint density at radius 1 is 1.00 bits per heavy atom. The smallest absolute Gasteiger partial charge is 0.159 e. The minimum Gasteiger partial charge on any atom is -0.393 e. The minimum absolute atomic E-state index is 0.258. The summed E-state index contributed by atoms with van der Waals surface area (Å²) < 4.78 is 13.0. The first-order valence-corrected chi connectivity index (χ1v) is 8.11. The molecule has 0 spiro atoms. The molecule has 0 amide bonds. The molecule has 0 aliphatic carbocycles. The lowest BCUT2D eigenvalue weighted by Crippen LogP contribution is -2.08. The molecule has 1 aromatic heterocycles. The number of aryl methyl sites for hydroxylation is 1. The van der Waals surface area contributed by atoms with Crippen LogP contribution in [0.1, 0.15) is 18.1 Å². The Morgan fingerprint density at radius 2 is 1.72 bits per heavy atom. The molecule has 0 saturated carbocycles. The van der Waals surface area contributed by atoms with Crippen molar-refractivity contribution in [2.75, 3.05) is 16.4 Å². The molecule has 5 nitrogen and oxygen atoms in total. The maximum absolute atomic E-state index is 13.0. The predicted molar refractivity (Wildman–Crippen MR) is 99.3 cm³/mol. The van der Waals surface area contributed by atoms with Crippen LogP contribution in [0.25, 0.3) is 0 Å². The van der Waals surface area contributed by atoms with E-state index in [-0.39, 0.29) is 5.82 Å². The van der Waals surface area contributed by atoms with Gasteiger partial charge in [-0.1, -0.05) is 37.3 Å². The summed E-state index contributed by atoms with van der Waals surface area (Å²) in [6.45, 7) is 2.59. The van der Waals surface area contributed by atoms with Gasteiger partial charge >= 0.3 is 0 Å². The van der Waals surface area contributed by atoms with E-state index in [0.717, 1.165) is 17.7 Å². The number of aromatic nitrogens is 2. The predicted octanol–water partition coefficient (Wildman–Crippen LogP) is 4.12. The zero-order chi connectivity index (χ0) is 17.6. The number of para-hydroxylation sites is 1. The molecule has 0 aliphatic heterocycles. The Morgan fingerprint density at radius 3 is 2.48 bits per heavy atom. The van der Waals surface area contributed by atoms with Crippen LogP contribution in [0.5, 0.6) is 0 Å². The average Bonchev–Trinajstić information content (AvgIpc) is 2.64. The van der Waals surface area contributed by atoms with Crippen LogP contribution in [0.4, 0.5) is 27.4 Å². The van der Waals surface area contributed by atoms with E-state index in [4.69, 9.17) is 5.73 Å². The molecule has 25 heavy (non-hydrogen) atoms. The molecule has 3 aromatic rings. The highest BCUT2D eigenvalue weighted by molar-refractivity contribution is 5.78. The van der Waals surface area contributed by atoms with Gasteiger partial charge in [0.1, 0.15) is 17.8 Å². The number of nitrogens with zero attached hydrogens (tertiary/aromatic N) is 2. The van der Waals surface area contributed by atoms with Crippen molar-refractivity contribution in [1.29, 1.82) is 0 Å². The number of benzene rings is 2. The first-order chi connectivity index (χ1) is 12.2. The lowest BCUT2D eigenvalue weighted by Gasteiger charge is -2.14. The van der Waals surface area contributed by atoms with E-state index in [1.807, 2.05) is 18.2 Å². The van der Waals surface area contributed by atoms with Crippen molar-refractivity contribution in [2.24, 2.45) is 0 Å². The number of rotatable bonds is 6. The maximum Gasteiger partial charge on any atom is 0.159 e. The van der Waals surface area contributed by atoms with E-state index in [2.05, 4.69) is 33.6 Å². The molecule has 0 radical (unpaired) electrons. The van der Waals surface area contributed by atoms with Crippen LogP contribution in [-0.2, 0) is 13.0 Å². The van der Waals surface area contributed by atoms with Gasteiger partial charge in [0.25, 0.3) is 0 Å². The van der Waals surface area contributed by atoms with E-state index in [1.54, 1.807) is 12.1 Å². The zero-order valence-corrected chi connectivity index (χ0v) is 14.0. The molecule has 0 unspecified atom stereocenters. The van der Waals surface area contributed by atoms with Gasteiger partial charge in [-0.15, -0.1) is 0 Å². The number of nitrogens with two attached hydrogens (primary N) is 1. The van der Waals surface area contributed by atoms with E-state index >= 15 is 0 Å². The van der Waals surface area contributed by atoms with Gasteiger partial charge in [-0.2, -0.15) is 0 Å². The minimum atomic E-state index is -0.258. The summed E-state index contributed by atoms with van der Waals surface area (Å²) in [5, 5.41) is 6.44. The van der Waals surface area contributed by atoms with Gasteiger partial charge < -0.3 is 16.4 Å². The van der Waals surface area contributed by atoms with Gasteiger partial charge in [0, 0.05) is 12.2 Å². The molecule has 3 rings (SSSR count). The fourth-order valence-electron chi connectivity index (χ4n) is 2.50. The third-order valence-corrected chi connectivity index (χ3v) is 3.91. The molecule has 0 aliphatic rings. The summed E-state index contributed by atoms with van der Waals surface area (Å²) in [7, 11) is 0.